The van der Waals surface area contributed by atoms with Gasteiger partial charge in [0.05, 0.1) is 0 Å². The van der Waals surface area contributed by atoms with Crippen LogP contribution in [0, 0.1) is 0 Å². The molecular formula is C20H25N3O2. The Bertz CT molecular complexity index is 718. The van der Waals surface area contributed by atoms with Crippen LogP contribution in [0.25, 0.3) is 0 Å². The van der Waals surface area contributed by atoms with E-state index in [4.69, 9.17) is 0 Å². The largest absolute Gasteiger partial charge is 0.508 e. The highest BCUT2D eigenvalue weighted by Gasteiger charge is 2.19. The molecule has 3 N–H and O–H groups in total. The van der Waals surface area contributed by atoms with Crippen molar-refractivity contribution in [2.45, 2.75) is 25.4 Å². The number of rotatable bonds is 5. The first-order valence-electron chi connectivity index (χ1n) is 8.69. The van der Waals surface area contributed by atoms with Crippen molar-refractivity contribution in [2.24, 2.45) is 0 Å². The van der Waals surface area contributed by atoms with Crippen molar-refractivity contribution in [3.05, 3.63) is 65.2 Å². The van der Waals surface area contributed by atoms with Gasteiger partial charge in [0.25, 0.3) is 0 Å². The summed E-state index contributed by atoms with van der Waals surface area (Å²) < 4.78 is 0. The molecule has 1 aliphatic heterocycles. The second-order valence-electron chi connectivity index (χ2n) is 6.58. The van der Waals surface area contributed by atoms with Crippen LogP contribution in [0.1, 0.15) is 16.7 Å². The van der Waals surface area contributed by atoms with Gasteiger partial charge in [-0.2, -0.15) is 0 Å². The zero-order chi connectivity index (χ0) is 17.6. The third kappa shape index (κ3) is 4.73. The molecule has 2 amide bonds. The minimum atomic E-state index is -0.0470. The lowest BCUT2D eigenvalue weighted by molar-refractivity contribution is 0.207. The lowest BCUT2D eigenvalue weighted by Gasteiger charge is -2.27. The van der Waals surface area contributed by atoms with Gasteiger partial charge in [-0.1, -0.05) is 36.4 Å². The molecule has 0 spiro atoms. The van der Waals surface area contributed by atoms with Gasteiger partial charge in [-0.3, -0.25) is 0 Å². The van der Waals surface area contributed by atoms with E-state index < -0.39 is 0 Å². The van der Waals surface area contributed by atoms with Crippen molar-refractivity contribution >= 4 is 6.03 Å². The average Bonchev–Trinajstić information content (AvgIpc) is 2.64. The molecule has 0 radical (unpaired) electrons. The van der Waals surface area contributed by atoms with Crippen molar-refractivity contribution in [3.63, 3.8) is 0 Å². The zero-order valence-corrected chi connectivity index (χ0v) is 14.5. The van der Waals surface area contributed by atoms with E-state index in [9.17, 15) is 9.90 Å². The van der Waals surface area contributed by atoms with E-state index in [0.717, 1.165) is 18.4 Å². The number of aromatic hydroxyl groups is 1. The fraction of sp³-hybridized carbons (Fsp3) is 0.350. The summed E-state index contributed by atoms with van der Waals surface area (Å²) in [4.78, 5) is 14.0. The van der Waals surface area contributed by atoms with Crippen molar-refractivity contribution in [1.82, 2.24) is 15.5 Å². The molecule has 0 fully saturated rings. The molecule has 1 aliphatic rings. The monoisotopic (exact) mass is 339 g/mol. The Hall–Kier alpha value is -2.53. The summed E-state index contributed by atoms with van der Waals surface area (Å²) in [6, 6.07) is 15.8. The molecule has 1 atom stereocenters. The molecule has 5 nitrogen and oxygen atoms in total. The lowest BCUT2D eigenvalue weighted by Crippen LogP contribution is -2.47. The standard InChI is InChI=1S/C20H25N3O2/c1-23(10-9-15-5-3-2-4-6-15)20(25)22-14-18-11-16-7-8-19(24)12-17(16)13-21-18/h2-8,12,18,21,24H,9-11,13-14H2,1H3,(H,22,25)/t18-/m0/s1. The van der Waals surface area contributed by atoms with Gasteiger partial charge in [-0.25, -0.2) is 4.79 Å². The number of hydrogen-bond acceptors (Lipinski definition) is 3. The number of carbonyl (C=O) groups excluding carboxylic acids is 1. The van der Waals surface area contributed by atoms with E-state index in [1.165, 1.54) is 11.1 Å². The normalized spacial score (nSPS) is 16.1. The van der Waals surface area contributed by atoms with Crippen LogP contribution < -0.4 is 10.6 Å². The first-order chi connectivity index (χ1) is 12.1. The molecule has 2 aromatic carbocycles. The molecule has 0 aromatic heterocycles. The maximum absolute atomic E-state index is 12.3. The lowest BCUT2D eigenvalue weighted by atomic mass is 9.95. The number of urea groups is 1. The highest BCUT2D eigenvalue weighted by Crippen LogP contribution is 2.21. The summed E-state index contributed by atoms with van der Waals surface area (Å²) in [7, 11) is 1.82. The summed E-state index contributed by atoms with van der Waals surface area (Å²) >= 11 is 0. The summed E-state index contributed by atoms with van der Waals surface area (Å²) in [6.45, 7) is 2.00. The number of likely N-dealkylation sites (N-methyl/N-ethyl adjacent to an activating group) is 1. The van der Waals surface area contributed by atoms with Crippen molar-refractivity contribution in [2.75, 3.05) is 20.1 Å². The van der Waals surface area contributed by atoms with Gasteiger partial charge in [-0.05, 0) is 41.7 Å². The van der Waals surface area contributed by atoms with E-state index in [2.05, 4.69) is 22.8 Å². The van der Waals surface area contributed by atoms with Crippen LogP contribution in [0.5, 0.6) is 5.75 Å². The third-order valence-electron chi connectivity index (χ3n) is 4.66. The van der Waals surface area contributed by atoms with Crippen LogP contribution in [0.4, 0.5) is 4.79 Å². The van der Waals surface area contributed by atoms with Crippen molar-refractivity contribution < 1.29 is 9.90 Å². The van der Waals surface area contributed by atoms with E-state index in [0.29, 0.717) is 25.4 Å². The number of nitrogens with one attached hydrogen (secondary N) is 2. The van der Waals surface area contributed by atoms with Gasteiger partial charge >= 0.3 is 6.03 Å². The smallest absolute Gasteiger partial charge is 0.317 e. The summed E-state index contributed by atoms with van der Waals surface area (Å²) in [5.74, 6) is 0.298. The van der Waals surface area contributed by atoms with Crippen LogP contribution in [-0.2, 0) is 19.4 Å². The topological polar surface area (TPSA) is 64.6 Å². The van der Waals surface area contributed by atoms with Gasteiger partial charge in [-0.15, -0.1) is 0 Å². The molecule has 0 saturated carbocycles. The quantitative estimate of drug-likeness (QED) is 0.783. The molecule has 25 heavy (non-hydrogen) atoms. The molecule has 132 valence electrons. The minimum absolute atomic E-state index is 0.0470. The highest BCUT2D eigenvalue weighted by atomic mass is 16.3. The summed E-state index contributed by atoms with van der Waals surface area (Å²) in [5, 5.41) is 15.9. The minimum Gasteiger partial charge on any atom is -0.508 e. The first-order valence-corrected chi connectivity index (χ1v) is 8.69. The molecule has 5 heteroatoms. The van der Waals surface area contributed by atoms with Crippen molar-refractivity contribution in [3.8, 4) is 5.75 Å². The van der Waals surface area contributed by atoms with E-state index in [1.54, 1.807) is 17.0 Å². The number of phenolic OH excluding ortho intramolecular Hbond substituents is 1. The molecule has 2 aromatic rings. The maximum atomic E-state index is 12.3. The number of hydrogen-bond donors (Lipinski definition) is 3. The van der Waals surface area contributed by atoms with Crippen LogP contribution in [0.3, 0.4) is 0 Å². The number of nitrogens with zero attached hydrogens (tertiary/aromatic N) is 1. The fourth-order valence-corrected chi connectivity index (χ4v) is 3.10. The molecule has 3 rings (SSSR count). The number of benzene rings is 2. The Morgan fingerprint density at radius 2 is 2.04 bits per heavy atom. The van der Waals surface area contributed by atoms with Crippen LogP contribution in [-0.4, -0.2) is 42.2 Å². The summed E-state index contributed by atoms with van der Waals surface area (Å²) in [5.41, 5.74) is 3.59. The third-order valence-corrected chi connectivity index (χ3v) is 4.66. The SMILES string of the molecule is CN(CCc1ccccc1)C(=O)NC[C@@H]1Cc2ccc(O)cc2CN1. The maximum Gasteiger partial charge on any atom is 0.317 e. The van der Waals surface area contributed by atoms with Gasteiger partial charge < -0.3 is 20.6 Å². The van der Waals surface area contributed by atoms with Gasteiger partial charge in [0.15, 0.2) is 0 Å². The van der Waals surface area contributed by atoms with Gasteiger partial charge in [0.2, 0.25) is 0 Å². The molecule has 0 aliphatic carbocycles. The van der Waals surface area contributed by atoms with Crippen LogP contribution in [0.2, 0.25) is 0 Å². The number of fused-ring (bicyclic) bond motifs is 1. The molecule has 0 bridgehead atoms. The zero-order valence-electron chi connectivity index (χ0n) is 14.5. The van der Waals surface area contributed by atoms with Crippen molar-refractivity contribution in [1.29, 1.82) is 0 Å². The van der Waals surface area contributed by atoms with E-state index in [1.807, 2.05) is 31.3 Å². The fourth-order valence-electron chi connectivity index (χ4n) is 3.10. The number of phenols is 1. The van der Waals surface area contributed by atoms with Crippen LogP contribution >= 0.6 is 0 Å². The second kappa shape index (κ2) is 8.03. The average molecular weight is 339 g/mol. The van der Waals surface area contributed by atoms with Crippen LogP contribution in [0.15, 0.2) is 48.5 Å². The Morgan fingerprint density at radius 3 is 2.84 bits per heavy atom. The Morgan fingerprint density at radius 1 is 1.24 bits per heavy atom. The van der Waals surface area contributed by atoms with Gasteiger partial charge in [0, 0.05) is 32.7 Å². The number of carbonyl (C=O) groups is 1. The Kier molecular flexibility index (Phi) is 5.56. The molecule has 0 unspecified atom stereocenters. The number of amides is 2. The van der Waals surface area contributed by atoms with E-state index >= 15 is 0 Å². The predicted molar refractivity (Wildman–Crippen MR) is 98.6 cm³/mol. The second-order valence-corrected chi connectivity index (χ2v) is 6.58. The molecule has 1 heterocycles. The molecule has 0 saturated heterocycles. The van der Waals surface area contributed by atoms with E-state index in [-0.39, 0.29) is 12.1 Å². The highest BCUT2D eigenvalue weighted by molar-refractivity contribution is 5.73. The first kappa shape index (κ1) is 17.3. The Labute approximate surface area is 148 Å². The Balaban J connectivity index is 1.43. The predicted octanol–water partition coefficient (Wildman–Crippen LogP) is 2.29. The van der Waals surface area contributed by atoms with Gasteiger partial charge in [0.1, 0.15) is 5.75 Å². The summed E-state index contributed by atoms with van der Waals surface area (Å²) in [6.07, 6.45) is 1.70. The molecular weight excluding hydrogens is 314 g/mol.